The van der Waals surface area contributed by atoms with Crippen molar-refractivity contribution < 1.29 is 9.90 Å². The van der Waals surface area contributed by atoms with Crippen molar-refractivity contribution in [3.8, 4) is 0 Å². The first kappa shape index (κ1) is 16.0. The van der Waals surface area contributed by atoms with E-state index in [-0.39, 0.29) is 18.6 Å². The Bertz CT molecular complexity index is 436. The monoisotopic (exact) mass is 290 g/mol. The molecule has 1 aromatic rings. The molecule has 1 saturated carbocycles. The summed E-state index contributed by atoms with van der Waals surface area (Å²) in [7, 11) is 0. The van der Waals surface area contributed by atoms with Gasteiger partial charge in [-0.15, -0.1) is 0 Å². The Hall–Kier alpha value is -1.39. The summed E-state index contributed by atoms with van der Waals surface area (Å²) in [4.78, 5) is 11.9. The molecule has 2 rings (SSSR count). The zero-order valence-corrected chi connectivity index (χ0v) is 12.5. The maximum atomic E-state index is 11.9. The van der Waals surface area contributed by atoms with E-state index in [1.54, 1.807) is 0 Å². The van der Waals surface area contributed by atoms with E-state index in [0.717, 1.165) is 24.8 Å². The summed E-state index contributed by atoms with van der Waals surface area (Å²) in [5, 5.41) is 12.3. The van der Waals surface area contributed by atoms with Crippen LogP contribution in [0.1, 0.15) is 43.7 Å². The van der Waals surface area contributed by atoms with Gasteiger partial charge in [-0.1, -0.05) is 36.8 Å². The van der Waals surface area contributed by atoms with Gasteiger partial charge in [-0.2, -0.15) is 0 Å². The molecule has 1 fully saturated rings. The van der Waals surface area contributed by atoms with Crippen molar-refractivity contribution in [2.24, 2.45) is 17.6 Å². The Balaban J connectivity index is 1.68. The maximum absolute atomic E-state index is 11.9. The van der Waals surface area contributed by atoms with Crippen LogP contribution in [0.15, 0.2) is 30.3 Å². The van der Waals surface area contributed by atoms with E-state index in [1.807, 2.05) is 30.3 Å². The van der Waals surface area contributed by atoms with Crippen molar-refractivity contribution in [1.82, 2.24) is 5.32 Å². The minimum absolute atomic E-state index is 0.0602. The van der Waals surface area contributed by atoms with E-state index in [9.17, 15) is 9.90 Å². The molecule has 0 heterocycles. The molecule has 21 heavy (non-hydrogen) atoms. The Labute approximate surface area is 126 Å². The molecule has 116 valence electrons. The average Bonchev–Trinajstić information content (AvgIpc) is 2.99. The van der Waals surface area contributed by atoms with Crippen molar-refractivity contribution in [2.75, 3.05) is 13.2 Å². The molecule has 1 amide bonds. The molecule has 3 unspecified atom stereocenters. The predicted octanol–water partition coefficient (Wildman–Crippen LogP) is 1.99. The average molecular weight is 290 g/mol. The van der Waals surface area contributed by atoms with Gasteiger partial charge in [0.05, 0.1) is 0 Å². The van der Waals surface area contributed by atoms with Gasteiger partial charge in [0, 0.05) is 25.6 Å². The number of carbonyl (C=O) groups is 1. The van der Waals surface area contributed by atoms with Crippen LogP contribution in [0.2, 0.25) is 0 Å². The summed E-state index contributed by atoms with van der Waals surface area (Å²) in [6.07, 6.45) is 4.45. The smallest absolute Gasteiger partial charge is 0.220 e. The fourth-order valence-corrected chi connectivity index (χ4v) is 3.11. The predicted molar refractivity (Wildman–Crippen MR) is 83.5 cm³/mol. The normalized spacial score (nSPS) is 23.0. The Kier molecular flexibility index (Phi) is 6.21. The van der Waals surface area contributed by atoms with E-state index in [1.165, 1.54) is 0 Å². The third-order valence-corrected chi connectivity index (χ3v) is 4.52. The molecule has 0 aromatic heterocycles. The second kappa shape index (κ2) is 8.15. The maximum Gasteiger partial charge on any atom is 0.220 e. The number of hydrogen-bond acceptors (Lipinski definition) is 3. The van der Waals surface area contributed by atoms with Gasteiger partial charge in [-0.25, -0.2) is 0 Å². The molecule has 0 bridgehead atoms. The number of amides is 1. The molecule has 1 aliphatic rings. The van der Waals surface area contributed by atoms with Gasteiger partial charge in [0.15, 0.2) is 0 Å². The van der Waals surface area contributed by atoms with Crippen LogP contribution in [0.5, 0.6) is 0 Å². The van der Waals surface area contributed by atoms with Gasteiger partial charge < -0.3 is 16.2 Å². The molecule has 0 saturated heterocycles. The molecule has 4 nitrogen and oxygen atoms in total. The summed E-state index contributed by atoms with van der Waals surface area (Å²) in [6.45, 7) is 0.921. The molecule has 3 atom stereocenters. The Morgan fingerprint density at radius 3 is 2.71 bits per heavy atom. The van der Waals surface area contributed by atoms with E-state index in [4.69, 9.17) is 5.73 Å². The lowest BCUT2D eigenvalue weighted by Crippen LogP contribution is -2.32. The fourth-order valence-electron chi connectivity index (χ4n) is 3.11. The zero-order chi connectivity index (χ0) is 15.1. The second-order valence-corrected chi connectivity index (χ2v) is 5.99. The first-order chi connectivity index (χ1) is 10.2. The molecule has 4 heteroatoms. The SMILES string of the molecule is NC(CCC(=O)NCC1CCCC1CO)c1ccccc1. The first-order valence-corrected chi connectivity index (χ1v) is 7.88. The van der Waals surface area contributed by atoms with Gasteiger partial charge in [-0.05, 0) is 36.7 Å². The summed E-state index contributed by atoms with van der Waals surface area (Å²) >= 11 is 0. The number of nitrogens with one attached hydrogen (secondary N) is 1. The van der Waals surface area contributed by atoms with Crippen LogP contribution in [0.3, 0.4) is 0 Å². The van der Waals surface area contributed by atoms with E-state index in [0.29, 0.717) is 31.2 Å². The second-order valence-electron chi connectivity index (χ2n) is 5.99. The minimum Gasteiger partial charge on any atom is -0.396 e. The van der Waals surface area contributed by atoms with Crippen molar-refractivity contribution >= 4 is 5.91 Å². The van der Waals surface area contributed by atoms with Crippen molar-refractivity contribution in [2.45, 2.75) is 38.1 Å². The zero-order valence-electron chi connectivity index (χ0n) is 12.5. The quantitative estimate of drug-likeness (QED) is 0.719. The highest BCUT2D eigenvalue weighted by Crippen LogP contribution is 2.30. The molecular weight excluding hydrogens is 264 g/mol. The van der Waals surface area contributed by atoms with Gasteiger partial charge in [0.25, 0.3) is 0 Å². The highest BCUT2D eigenvalue weighted by atomic mass is 16.3. The van der Waals surface area contributed by atoms with Crippen LogP contribution in [0, 0.1) is 11.8 Å². The van der Waals surface area contributed by atoms with E-state index >= 15 is 0 Å². The highest BCUT2D eigenvalue weighted by Gasteiger charge is 2.26. The summed E-state index contributed by atoms with van der Waals surface area (Å²) in [5.74, 6) is 0.851. The lowest BCUT2D eigenvalue weighted by atomic mass is 9.97. The van der Waals surface area contributed by atoms with Gasteiger partial charge >= 0.3 is 0 Å². The van der Waals surface area contributed by atoms with Gasteiger partial charge in [0.2, 0.25) is 5.91 Å². The molecule has 4 N–H and O–H groups in total. The van der Waals surface area contributed by atoms with Crippen LogP contribution in [-0.2, 0) is 4.79 Å². The topological polar surface area (TPSA) is 75.4 Å². The number of nitrogens with two attached hydrogens (primary N) is 1. The molecule has 1 aliphatic carbocycles. The molecular formula is C17H26N2O2. The van der Waals surface area contributed by atoms with Crippen LogP contribution in [-0.4, -0.2) is 24.2 Å². The van der Waals surface area contributed by atoms with Crippen LogP contribution < -0.4 is 11.1 Å². The molecule has 1 aromatic carbocycles. The van der Waals surface area contributed by atoms with Crippen LogP contribution in [0.25, 0.3) is 0 Å². The third-order valence-electron chi connectivity index (χ3n) is 4.52. The van der Waals surface area contributed by atoms with E-state index < -0.39 is 0 Å². The van der Waals surface area contributed by atoms with Crippen molar-refractivity contribution in [3.63, 3.8) is 0 Å². The Morgan fingerprint density at radius 2 is 2.00 bits per heavy atom. The Morgan fingerprint density at radius 1 is 1.29 bits per heavy atom. The summed E-state index contributed by atoms with van der Waals surface area (Å²) in [6, 6.07) is 9.78. The number of benzene rings is 1. The molecule has 0 radical (unpaired) electrons. The summed E-state index contributed by atoms with van der Waals surface area (Å²) in [5.41, 5.74) is 7.16. The lowest BCUT2D eigenvalue weighted by molar-refractivity contribution is -0.121. The number of hydrogen-bond donors (Lipinski definition) is 3. The number of aliphatic hydroxyl groups is 1. The highest BCUT2D eigenvalue weighted by molar-refractivity contribution is 5.75. The third kappa shape index (κ3) is 4.83. The lowest BCUT2D eigenvalue weighted by Gasteiger charge is -2.18. The van der Waals surface area contributed by atoms with Crippen LogP contribution >= 0.6 is 0 Å². The standard InChI is InChI=1S/C17H26N2O2/c18-16(13-5-2-1-3-6-13)9-10-17(21)19-11-14-7-4-8-15(14)12-20/h1-3,5-6,14-16,20H,4,7-12,18H2,(H,19,21). The first-order valence-electron chi connectivity index (χ1n) is 7.88. The summed E-state index contributed by atoms with van der Waals surface area (Å²) < 4.78 is 0. The van der Waals surface area contributed by atoms with Crippen molar-refractivity contribution in [1.29, 1.82) is 0 Å². The largest absolute Gasteiger partial charge is 0.396 e. The van der Waals surface area contributed by atoms with E-state index in [2.05, 4.69) is 5.32 Å². The van der Waals surface area contributed by atoms with Gasteiger partial charge in [-0.3, -0.25) is 4.79 Å². The van der Waals surface area contributed by atoms with Gasteiger partial charge in [0.1, 0.15) is 0 Å². The fraction of sp³-hybridized carbons (Fsp3) is 0.588. The molecule has 0 spiro atoms. The van der Waals surface area contributed by atoms with Crippen LogP contribution in [0.4, 0.5) is 0 Å². The number of rotatable bonds is 7. The number of carbonyl (C=O) groups excluding carboxylic acids is 1. The minimum atomic E-state index is -0.0892. The number of aliphatic hydroxyl groups excluding tert-OH is 1. The van der Waals surface area contributed by atoms with Crippen molar-refractivity contribution in [3.05, 3.63) is 35.9 Å². The molecule has 0 aliphatic heterocycles.